The van der Waals surface area contributed by atoms with Crippen molar-refractivity contribution in [2.24, 2.45) is 0 Å². The first-order valence-electron chi connectivity index (χ1n) is 6.83. The summed E-state index contributed by atoms with van der Waals surface area (Å²) in [6, 6.07) is 24.6. The maximum atomic E-state index is 12.1. The van der Waals surface area contributed by atoms with E-state index in [2.05, 4.69) is 25.3 Å². The van der Waals surface area contributed by atoms with Crippen LogP contribution in [-0.4, -0.2) is 8.42 Å². The molecule has 3 rings (SSSR count). The summed E-state index contributed by atoms with van der Waals surface area (Å²) in [5.74, 6) is 0. The minimum atomic E-state index is -3.39. The van der Waals surface area contributed by atoms with Crippen molar-refractivity contribution >= 4 is 35.1 Å². The van der Waals surface area contributed by atoms with Crippen molar-refractivity contribution in [3.63, 3.8) is 0 Å². The standard InChI is InChI=1S/C12H10O2S2.C6H6S/c13-16(14,11-4-2-1-3-5-11)12-8-6-10(15)7-9-12;7-6-4-2-1-3-5-6/h1-9,15H;1-5,7H. The lowest BCUT2D eigenvalue weighted by atomic mass is 10.4. The number of hydrogen-bond donors (Lipinski definition) is 2. The highest BCUT2D eigenvalue weighted by atomic mass is 32.2. The van der Waals surface area contributed by atoms with E-state index in [4.69, 9.17) is 0 Å². The number of rotatable bonds is 2. The molecule has 5 heteroatoms. The summed E-state index contributed by atoms with van der Waals surface area (Å²) in [7, 11) is -3.39. The molecule has 0 bridgehead atoms. The van der Waals surface area contributed by atoms with Crippen LogP contribution < -0.4 is 0 Å². The largest absolute Gasteiger partial charge is 0.219 e. The molecule has 3 aromatic rings. The van der Waals surface area contributed by atoms with E-state index in [1.54, 1.807) is 54.6 Å². The predicted octanol–water partition coefficient (Wildman–Crippen LogP) is 4.78. The van der Waals surface area contributed by atoms with Crippen LogP contribution in [0.3, 0.4) is 0 Å². The fourth-order valence-electron chi connectivity index (χ4n) is 1.79. The van der Waals surface area contributed by atoms with Gasteiger partial charge in [-0.15, -0.1) is 25.3 Å². The van der Waals surface area contributed by atoms with E-state index in [0.717, 1.165) is 9.79 Å². The van der Waals surface area contributed by atoms with Crippen molar-refractivity contribution < 1.29 is 8.42 Å². The van der Waals surface area contributed by atoms with Gasteiger partial charge in [0.25, 0.3) is 0 Å². The Morgan fingerprint density at radius 1 is 0.522 bits per heavy atom. The third-order valence-electron chi connectivity index (χ3n) is 2.96. The third-order valence-corrected chi connectivity index (χ3v) is 5.34. The van der Waals surface area contributed by atoms with Crippen molar-refractivity contribution in [2.75, 3.05) is 0 Å². The van der Waals surface area contributed by atoms with Gasteiger partial charge < -0.3 is 0 Å². The van der Waals surface area contributed by atoms with Gasteiger partial charge in [0, 0.05) is 9.79 Å². The van der Waals surface area contributed by atoms with E-state index in [0.29, 0.717) is 4.90 Å². The average molecular weight is 361 g/mol. The maximum absolute atomic E-state index is 12.1. The molecule has 0 saturated heterocycles. The molecule has 0 aliphatic carbocycles. The summed E-state index contributed by atoms with van der Waals surface area (Å²) in [5.41, 5.74) is 0. The predicted molar refractivity (Wildman–Crippen MR) is 99.3 cm³/mol. The molecule has 118 valence electrons. The number of sulfone groups is 1. The van der Waals surface area contributed by atoms with Crippen molar-refractivity contribution in [3.8, 4) is 0 Å². The zero-order valence-electron chi connectivity index (χ0n) is 12.2. The molecule has 0 fully saturated rings. The Morgan fingerprint density at radius 2 is 0.913 bits per heavy atom. The highest BCUT2D eigenvalue weighted by Crippen LogP contribution is 2.21. The second kappa shape index (κ2) is 8.24. The Bertz CT molecular complexity index is 828. The smallest absolute Gasteiger partial charge is 0.206 e. The molecule has 0 atom stereocenters. The molecule has 0 amide bonds. The summed E-state index contributed by atoms with van der Waals surface area (Å²) in [6.07, 6.45) is 0. The molecule has 0 heterocycles. The van der Waals surface area contributed by atoms with Crippen LogP contribution in [0.5, 0.6) is 0 Å². The van der Waals surface area contributed by atoms with Crippen LogP contribution in [0.4, 0.5) is 0 Å². The normalized spacial score (nSPS) is 10.5. The third kappa shape index (κ3) is 5.16. The molecule has 2 nitrogen and oxygen atoms in total. The van der Waals surface area contributed by atoms with Gasteiger partial charge >= 0.3 is 0 Å². The number of thiol groups is 2. The second-order valence-electron chi connectivity index (χ2n) is 4.65. The van der Waals surface area contributed by atoms with Gasteiger partial charge in [0.05, 0.1) is 9.79 Å². The summed E-state index contributed by atoms with van der Waals surface area (Å²) >= 11 is 8.20. The Hall–Kier alpha value is -1.69. The summed E-state index contributed by atoms with van der Waals surface area (Å²) < 4.78 is 24.2. The van der Waals surface area contributed by atoms with Gasteiger partial charge in [-0.05, 0) is 48.5 Å². The van der Waals surface area contributed by atoms with E-state index in [-0.39, 0.29) is 4.90 Å². The molecular weight excluding hydrogens is 344 g/mol. The van der Waals surface area contributed by atoms with Crippen LogP contribution in [0.15, 0.2) is 105 Å². The zero-order chi connectivity index (χ0) is 16.7. The SMILES string of the molecule is O=S(=O)(c1ccccc1)c1ccc(S)cc1.Sc1ccccc1. The van der Waals surface area contributed by atoms with Crippen molar-refractivity contribution in [1.82, 2.24) is 0 Å². The number of hydrogen-bond acceptors (Lipinski definition) is 4. The van der Waals surface area contributed by atoms with E-state index < -0.39 is 9.84 Å². The van der Waals surface area contributed by atoms with Crippen LogP contribution in [0.1, 0.15) is 0 Å². The second-order valence-corrected chi connectivity index (χ2v) is 7.63. The Morgan fingerprint density at radius 3 is 1.35 bits per heavy atom. The molecule has 0 aliphatic rings. The monoisotopic (exact) mass is 360 g/mol. The lowest BCUT2D eigenvalue weighted by Gasteiger charge is -2.04. The van der Waals surface area contributed by atoms with Crippen molar-refractivity contribution in [3.05, 3.63) is 84.9 Å². The minimum absolute atomic E-state index is 0.288. The molecular formula is C18H16O2S3. The summed E-state index contributed by atoms with van der Waals surface area (Å²) in [6.45, 7) is 0. The van der Waals surface area contributed by atoms with Gasteiger partial charge in [0.15, 0.2) is 0 Å². The van der Waals surface area contributed by atoms with Crippen LogP contribution in [0.25, 0.3) is 0 Å². The van der Waals surface area contributed by atoms with Crippen molar-refractivity contribution in [1.29, 1.82) is 0 Å². The quantitative estimate of drug-likeness (QED) is 0.645. The molecule has 0 spiro atoms. The van der Waals surface area contributed by atoms with Gasteiger partial charge in [-0.2, -0.15) is 0 Å². The molecule has 23 heavy (non-hydrogen) atoms. The van der Waals surface area contributed by atoms with Crippen molar-refractivity contribution in [2.45, 2.75) is 19.6 Å². The minimum Gasteiger partial charge on any atom is -0.219 e. The average Bonchev–Trinajstić information content (AvgIpc) is 2.57. The van der Waals surface area contributed by atoms with Crippen LogP contribution in [-0.2, 0) is 9.84 Å². The van der Waals surface area contributed by atoms with E-state index >= 15 is 0 Å². The van der Waals surface area contributed by atoms with Crippen LogP contribution in [0, 0.1) is 0 Å². The molecule has 3 aromatic carbocycles. The fourth-order valence-corrected chi connectivity index (χ4v) is 3.39. The van der Waals surface area contributed by atoms with E-state index in [1.165, 1.54) is 0 Å². The van der Waals surface area contributed by atoms with Gasteiger partial charge in [-0.1, -0.05) is 36.4 Å². The van der Waals surface area contributed by atoms with Gasteiger partial charge in [0.1, 0.15) is 0 Å². The summed E-state index contributed by atoms with van der Waals surface area (Å²) in [5, 5.41) is 0. The fraction of sp³-hybridized carbons (Fsp3) is 0. The van der Waals surface area contributed by atoms with E-state index in [9.17, 15) is 8.42 Å². The van der Waals surface area contributed by atoms with Gasteiger partial charge in [-0.3, -0.25) is 0 Å². The number of benzene rings is 3. The molecule has 0 aromatic heterocycles. The zero-order valence-corrected chi connectivity index (χ0v) is 14.8. The van der Waals surface area contributed by atoms with E-state index in [1.807, 2.05) is 30.3 Å². The van der Waals surface area contributed by atoms with Gasteiger partial charge in [0.2, 0.25) is 9.84 Å². The molecule has 0 aliphatic heterocycles. The van der Waals surface area contributed by atoms with Crippen LogP contribution >= 0.6 is 25.3 Å². The maximum Gasteiger partial charge on any atom is 0.206 e. The Labute approximate surface area is 147 Å². The molecule has 0 radical (unpaired) electrons. The van der Waals surface area contributed by atoms with Crippen LogP contribution in [0.2, 0.25) is 0 Å². The lowest BCUT2D eigenvalue weighted by molar-refractivity contribution is 0.596. The first-order chi connectivity index (χ1) is 11.0. The van der Waals surface area contributed by atoms with Gasteiger partial charge in [-0.25, -0.2) is 8.42 Å². The lowest BCUT2D eigenvalue weighted by Crippen LogP contribution is -2.01. The first-order valence-corrected chi connectivity index (χ1v) is 9.21. The molecule has 0 saturated carbocycles. The molecule has 0 unspecified atom stereocenters. The Kier molecular flexibility index (Phi) is 6.33. The highest BCUT2D eigenvalue weighted by molar-refractivity contribution is 7.91. The molecule has 0 N–H and O–H groups in total. The topological polar surface area (TPSA) is 34.1 Å². The summed E-state index contributed by atoms with van der Waals surface area (Å²) in [4.78, 5) is 2.35. The Balaban J connectivity index is 0.000000229. The highest BCUT2D eigenvalue weighted by Gasteiger charge is 2.16. The first kappa shape index (κ1) is 17.7.